The average Bonchev–Trinajstić information content (AvgIpc) is 3.10. The molecular formula is C10H11N5O6P-. The van der Waals surface area contributed by atoms with Crippen LogP contribution in [0.25, 0.3) is 11.2 Å². The Morgan fingerprint density at radius 1 is 1.36 bits per heavy atom. The Bertz CT molecular complexity index is 782. The first-order valence-corrected chi connectivity index (χ1v) is 7.83. The van der Waals surface area contributed by atoms with Gasteiger partial charge in [0.15, 0.2) is 17.7 Å². The summed E-state index contributed by atoms with van der Waals surface area (Å²) in [6, 6.07) is 0. The molecule has 2 aromatic heterocycles. The van der Waals surface area contributed by atoms with E-state index in [1.54, 1.807) is 0 Å². The molecule has 0 aromatic carbocycles. The summed E-state index contributed by atoms with van der Waals surface area (Å²) in [7, 11) is -4.41. The van der Waals surface area contributed by atoms with Crippen LogP contribution in [-0.4, -0.2) is 49.5 Å². The number of aliphatic hydroxyl groups excluding tert-OH is 1. The molecule has 0 aliphatic carbocycles. The summed E-state index contributed by atoms with van der Waals surface area (Å²) >= 11 is 0. The maximum absolute atomic E-state index is 11.5. The highest BCUT2D eigenvalue weighted by Gasteiger charge is 2.54. The molecule has 3 N–H and O–H groups in total. The van der Waals surface area contributed by atoms with Gasteiger partial charge in [-0.2, -0.15) is 0 Å². The van der Waals surface area contributed by atoms with Crippen LogP contribution in [-0.2, 0) is 18.3 Å². The molecule has 5 atom stereocenters. The summed E-state index contributed by atoms with van der Waals surface area (Å²) in [4.78, 5) is 23.5. The van der Waals surface area contributed by atoms with Crippen molar-refractivity contribution in [2.75, 3.05) is 12.3 Å². The molecule has 4 rings (SSSR count). The molecule has 2 aliphatic rings. The minimum atomic E-state index is -4.41. The minimum absolute atomic E-state index is 0.190. The van der Waals surface area contributed by atoms with Crippen LogP contribution in [0.15, 0.2) is 12.7 Å². The number of fused-ring (bicyclic) bond motifs is 2. The van der Waals surface area contributed by atoms with Gasteiger partial charge in [0.2, 0.25) is 0 Å². The first kappa shape index (κ1) is 14.0. The number of aliphatic hydroxyl groups is 1. The number of phosphoric acid groups is 1. The Labute approximate surface area is 123 Å². The van der Waals surface area contributed by atoms with Gasteiger partial charge in [0, 0.05) is 0 Å². The van der Waals surface area contributed by atoms with Crippen molar-refractivity contribution < 1.29 is 28.3 Å². The Morgan fingerprint density at radius 3 is 2.91 bits per heavy atom. The molecule has 0 spiro atoms. The van der Waals surface area contributed by atoms with Gasteiger partial charge in [0.1, 0.15) is 30.2 Å². The number of ether oxygens (including phenoxy) is 1. The van der Waals surface area contributed by atoms with E-state index in [0.29, 0.717) is 11.2 Å². The lowest BCUT2D eigenvalue weighted by Crippen LogP contribution is -2.30. The lowest BCUT2D eigenvalue weighted by Gasteiger charge is -2.22. The van der Waals surface area contributed by atoms with E-state index in [1.807, 2.05) is 0 Å². The third kappa shape index (κ3) is 1.95. The van der Waals surface area contributed by atoms with Crippen molar-refractivity contribution in [3.8, 4) is 0 Å². The van der Waals surface area contributed by atoms with Crippen molar-refractivity contribution in [1.82, 2.24) is 19.5 Å². The molecule has 22 heavy (non-hydrogen) atoms. The van der Waals surface area contributed by atoms with Crippen molar-refractivity contribution in [2.45, 2.75) is 24.5 Å². The minimum Gasteiger partial charge on any atom is -0.756 e. The second-order valence-electron chi connectivity index (χ2n) is 4.92. The van der Waals surface area contributed by atoms with Crippen LogP contribution in [0.4, 0.5) is 5.82 Å². The van der Waals surface area contributed by atoms with Gasteiger partial charge >= 0.3 is 0 Å². The predicted octanol–water partition coefficient (Wildman–Crippen LogP) is -1.45. The number of hydrogen-bond acceptors (Lipinski definition) is 10. The number of anilines is 1. The zero-order chi connectivity index (χ0) is 15.5. The fourth-order valence-electron chi connectivity index (χ4n) is 2.70. The average molecular weight is 328 g/mol. The molecule has 2 aliphatic heterocycles. The van der Waals surface area contributed by atoms with Crippen molar-refractivity contribution in [3.63, 3.8) is 0 Å². The second kappa shape index (κ2) is 4.69. The third-order valence-corrected chi connectivity index (χ3v) is 4.63. The number of nitrogen functional groups attached to an aromatic ring is 1. The molecule has 0 saturated carbocycles. The van der Waals surface area contributed by atoms with Crippen LogP contribution >= 0.6 is 7.82 Å². The summed E-state index contributed by atoms with van der Waals surface area (Å²) in [6.45, 7) is -0.412. The van der Waals surface area contributed by atoms with Crippen molar-refractivity contribution in [1.29, 1.82) is 0 Å². The molecule has 2 fully saturated rings. The number of nitrogens with two attached hydrogens (primary N) is 1. The number of rotatable bonds is 2. The topological polar surface area (TPSA) is 158 Å². The highest BCUT2D eigenvalue weighted by atomic mass is 31.2. The molecule has 0 radical (unpaired) electrons. The van der Waals surface area contributed by atoms with E-state index in [4.69, 9.17) is 19.5 Å². The highest BCUT2D eigenvalue weighted by Crippen LogP contribution is 2.55. The normalized spacial score (nSPS) is 37.7. The van der Waals surface area contributed by atoms with Gasteiger partial charge in [-0.25, -0.2) is 15.0 Å². The van der Waals surface area contributed by atoms with Crippen molar-refractivity contribution >= 4 is 24.8 Å². The number of imidazole rings is 1. The van der Waals surface area contributed by atoms with Crippen molar-refractivity contribution in [2.24, 2.45) is 0 Å². The van der Waals surface area contributed by atoms with Crippen LogP contribution in [0.2, 0.25) is 0 Å². The quantitative estimate of drug-likeness (QED) is 0.625. The summed E-state index contributed by atoms with van der Waals surface area (Å²) < 4.78 is 28.4. The second-order valence-corrected chi connectivity index (χ2v) is 6.23. The molecule has 0 bridgehead atoms. The van der Waals surface area contributed by atoms with E-state index in [9.17, 15) is 14.6 Å². The van der Waals surface area contributed by atoms with Gasteiger partial charge < -0.3 is 29.5 Å². The van der Waals surface area contributed by atoms with E-state index in [1.165, 1.54) is 17.2 Å². The lowest BCUT2D eigenvalue weighted by molar-refractivity contribution is -0.222. The van der Waals surface area contributed by atoms with E-state index >= 15 is 0 Å². The first-order chi connectivity index (χ1) is 10.5. The van der Waals surface area contributed by atoms with Gasteiger partial charge in [-0.3, -0.25) is 9.13 Å². The molecule has 118 valence electrons. The Hall–Kier alpha value is -1.62. The number of hydrogen-bond donors (Lipinski definition) is 2. The standard InChI is InChI=1S/C10H12N5O6P/c11-8-5-9(13-2-12-8)15(3-14-5)10-7-6(4(1-16)19-10)20-22(17,18)21-7/h2-4,6-7,10,16H,1H2,(H,17,18)(H2,11,12,13)/p-1/t4-,6+,7+,10-/m0/s1. The SMILES string of the molecule is Nc1ncnc2c1ncn2[C@H]1O[C@@H](CO)[C@H]2OP(=O)([O-])O[C@H]21. The van der Waals surface area contributed by atoms with E-state index in [-0.39, 0.29) is 5.82 Å². The highest BCUT2D eigenvalue weighted by molar-refractivity contribution is 7.46. The smallest absolute Gasteiger partial charge is 0.268 e. The number of nitrogens with zero attached hydrogens (tertiary/aromatic N) is 4. The predicted molar refractivity (Wildman–Crippen MR) is 68.1 cm³/mol. The van der Waals surface area contributed by atoms with Crippen LogP contribution in [0.5, 0.6) is 0 Å². The third-order valence-electron chi connectivity index (χ3n) is 3.63. The monoisotopic (exact) mass is 328 g/mol. The Morgan fingerprint density at radius 2 is 2.14 bits per heavy atom. The molecule has 2 saturated heterocycles. The molecule has 4 heterocycles. The first-order valence-electron chi connectivity index (χ1n) is 6.37. The Kier molecular flexibility index (Phi) is 2.98. The molecule has 12 heteroatoms. The van der Waals surface area contributed by atoms with Gasteiger partial charge in [-0.05, 0) is 0 Å². The molecule has 2 aromatic rings. The maximum atomic E-state index is 11.5. The largest absolute Gasteiger partial charge is 0.756 e. The van der Waals surface area contributed by atoms with Gasteiger partial charge in [-0.15, -0.1) is 0 Å². The number of aromatic nitrogens is 4. The van der Waals surface area contributed by atoms with Gasteiger partial charge in [0.25, 0.3) is 7.82 Å². The number of phosphoric ester groups is 1. The fraction of sp³-hybridized carbons (Fsp3) is 0.500. The van der Waals surface area contributed by atoms with E-state index in [0.717, 1.165) is 0 Å². The molecule has 0 amide bonds. The maximum Gasteiger partial charge on any atom is 0.268 e. The van der Waals surface area contributed by atoms with Gasteiger partial charge in [0.05, 0.1) is 12.9 Å². The Balaban J connectivity index is 1.78. The van der Waals surface area contributed by atoms with Crippen LogP contribution < -0.4 is 10.6 Å². The van der Waals surface area contributed by atoms with Crippen LogP contribution in [0.3, 0.4) is 0 Å². The van der Waals surface area contributed by atoms with E-state index in [2.05, 4.69) is 15.0 Å². The summed E-state index contributed by atoms with van der Waals surface area (Å²) in [5.74, 6) is 0.190. The zero-order valence-electron chi connectivity index (χ0n) is 11.0. The molecule has 1 unspecified atom stereocenters. The van der Waals surface area contributed by atoms with E-state index < -0.39 is 39.0 Å². The summed E-state index contributed by atoms with van der Waals surface area (Å²) in [5.41, 5.74) is 6.44. The zero-order valence-corrected chi connectivity index (χ0v) is 11.9. The molecular weight excluding hydrogens is 317 g/mol. The lowest BCUT2D eigenvalue weighted by atomic mass is 10.1. The summed E-state index contributed by atoms with van der Waals surface area (Å²) in [6.07, 6.45) is -0.906. The van der Waals surface area contributed by atoms with Crippen molar-refractivity contribution in [3.05, 3.63) is 12.7 Å². The molecule has 11 nitrogen and oxygen atoms in total. The van der Waals surface area contributed by atoms with Crippen LogP contribution in [0, 0.1) is 0 Å². The van der Waals surface area contributed by atoms with Gasteiger partial charge in [-0.1, -0.05) is 0 Å². The summed E-state index contributed by atoms with van der Waals surface area (Å²) in [5, 5.41) is 9.33. The van der Waals surface area contributed by atoms with Crippen LogP contribution in [0.1, 0.15) is 6.23 Å². The fourth-order valence-corrected chi connectivity index (χ4v) is 3.82.